The Morgan fingerprint density at radius 3 is 2.52 bits per heavy atom. The van der Waals surface area contributed by atoms with Crippen molar-refractivity contribution in [1.82, 2.24) is 15.0 Å². The molecule has 9 heteroatoms. The van der Waals surface area contributed by atoms with E-state index in [9.17, 15) is 13.2 Å². The van der Waals surface area contributed by atoms with Crippen molar-refractivity contribution in [2.45, 2.75) is 20.0 Å². The van der Waals surface area contributed by atoms with Crippen molar-refractivity contribution in [1.29, 1.82) is 0 Å². The molecule has 2 aromatic heterocycles. The minimum atomic E-state index is -4.33. The summed E-state index contributed by atoms with van der Waals surface area (Å²) in [5, 5.41) is 6.05. The molecule has 0 saturated carbocycles. The van der Waals surface area contributed by atoms with E-state index in [1.54, 1.807) is 6.92 Å². The molecule has 0 fully saturated rings. The number of thiazole rings is 1. The highest BCUT2D eigenvalue weighted by molar-refractivity contribution is 7.21. The minimum Gasteiger partial charge on any atom is -0.370 e. The Hall–Kier alpha value is -2.42. The molecule has 0 aliphatic heterocycles. The summed E-state index contributed by atoms with van der Waals surface area (Å²) in [4.78, 5) is 13.0. The molecule has 3 rings (SSSR count). The molecular weight excluding hydrogens is 351 g/mol. The molecule has 0 spiro atoms. The lowest BCUT2D eigenvalue weighted by Crippen LogP contribution is -2.23. The Kier molecular flexibility index (Phi) is 4.76. The fraction of sp³-hybridized carbons (Fsp3) is 0.312. The fourth-order valence-corrected chi connectivity index (χ4v) is 3.43. The van der Waals surface area contributed by atoms with E-state index in [1.165, 1.54) is 11.3 Å². The fourth-order valence-electron chi connectivity index (χ4n) is 2.36. The van der Waals surface area contributed by atoms with Crippen LogP contribution in [0, 0.1) is 6.92 Å². The van der Waals surface area contributed by atoms with Crippen LogP contribution in [0.25, 0.3) is 20.8 Å². The van der Waals surface area contributed by atoms with Crippen molar-refractivity contribution in [3.63, 3.8) is 0 Å². The van der Waals surface area contributed by atoms with Crippen LogP contribution in [0.5, 0.6) is 0 Å². The van der Waals surface area contributed by atoms with Crippen molar-refractivity contribution < 1.29 is 13.2 Å². The van der Waals surface area contributed by atoms with Crippen molar-refractivity contribution in [2.24, 2.45) is 0 Å². The van der Waals surface area contributed by atoms with Crippen LogP contribution in [0.3, 0.4) is 0 Å². The van der Waals surface area contributed by atoms with Gasteiger partial charge in [0.1, 0.15) is 17.4 Å². The molecule has 0 saturated heterocycles. The maximum Gasteiger partial charge on any atom is 0.405 e. The molecule has 0 aliphatic rings. The number of para-hydroxylation sites is 1. The van der Waals surface area contributed by atoms with Gasteiger partial charge in [-0.05, 0) is 26.0 Å². The van der Waals surface area contributed by atoms with Crippen molar-refractivity contribution in [3.8, 4) is 10.6 Å². The predicted molar refractivity (Wildman–Crippen MR) is 94.1 cm³/mol. The summed E-state index contributed by atoms with van der Waals surface area (Å²) in [6, 6.07) is 7.73. The summed E-state index contributed by atoms with van der Waals surface area (Å²) < 4.78 is 38.3. The number of aromatic nitrogens is 3. The SMILES string of the molecule is CCNc1nc(NCC(F)(F)F)nc(C)c1-c1nc2ccccc2s1. The highest BCUT2D eigenvalue weighted by Crippen LogP contribution is 2.36. The zero-order valence-corrected chi connectivity index (χ0v) is 14.4. The second kappa shape index (κ2) is 6.83. The van der Waals surface area contributed by atoms with Crippen LogP contribution >= 0.6 is 11.3 Å². The summed E-state index contributed by atoms with van der Waals surface area (Å²) >= 11 is 1.50. The molecule has 0 radical (unpaired) electrons. The first-order valence-electron chi connectivity index (χ1n) is 7.66. The maximum absolute atomic E-state index is 12.4. The smallest absolute Gasteiger partial charge is 0.370 e. The summed E-state index contributed by atoms with van der Waals surface area (Å²) in [5.41, 5.74) is 2.14. The number of hydrogen-bond acceptors (Lipinski definition) is 6. The lowest BCUT2D eigenvalue weighted by molar-refractivity contribution is -0.115. The van der Waals surface area contributed by atoms with Gasteiger partial charge in [0.15, 0.2) is 0 Å². The Balaban J connectivity index is 2.03. The predicted octanol–water partition coefficient (Wildman–Crippen LogP) is 4.47. The Labute approximate surface area is 146 Å². The molecule has 0 amide bonds. The molecule has 132 valence electrons. The minimum absolute atomic E-state index is 0.0596. The number of nitrogens with zero attached hydrogens (tertiary/aromatic N) is 3. The van der Waals surface area contributed by atoms with Crippen molar-refractivity contribution in [2.75, 3.05) is 23.7 Å². The van der Waals surface area contributed by atoms with Gasteiger partial charge in [-0.25, -0.2) is 9.97 Å². The Bertz CT molecular complexity index is 858. The lowest BCUT2D eigenvalue weighted by atomic mass is 10.2. The molecule has 2 heterocycles. The maximum atomic E-state index is 12.4. The average Bonchev–Trinajstić information content (AvgIpc) is 2.95. The summed E-state index contributed by atoms with van der Waals surface area (Å²) in [6.45, 7) is 3.02. The van der Waals surface area contributed by atoms with Crippen LogP contribution in [0.2, 0.25) is 0 Å². The van der Waals surface area contributed by atoms with E-state index in [2.05, 4.69) is 25.6 Å². The molecule has 0 aliphatic carbocycles. The zero-order chi connectivity index (χ0) is 18.0. The third-order valence-corrected chi connectivity index (χ3v) is 4.44. The van der Waals surface area contributed by atoms with Crippen molar-refractivity contribution in [3.05, 3.63) is 30.0 Å². The van der Waals surface area contributed by atoms with Gasteiger partial charge in [0, 0.05) is 6.54 Å². The number of benzene rings is 1. The third kappa shape index (κ3) is 3.98. The van der Waals surface area contributed by atoms with Crippen LogP contribution in [0.15, 0.2) is 24.3 Å². The van der Waals surface area contributed by atoms with Gasteiger partial charge in [-0.2, -0.15) is 18.2 Å². The summed E-state index contributed by atoms with van der Waals surface area (Å²) in [5.74, 6) is 0.411. The molecule has 5 nitrogen and oxygen atoms in total. The second-order valence-electron chi connectivity index (χ2n) is 5.34. The van der Waals surface area contributed by atoms with Gasteiger partial charge in [-0.1, -0.05) is 12.1 Å². The van der Waals surface area contributed by atoms with Gasteiger partial charge < -0.3 is 10.6 Å². The number of fused-ring (bicyclic) bond motifs is 1. The Morgan fingerprint density at radius 1 is 1.08 bits per heavy atom. The molecular formula is C16H16F3N5S. The van der Waals surface area contributed by atoms with Gasteiger partial charge in [0.25, 0.3) is 0 Å². The van der Waals surface area contributed by atoms with Gasteiger partial charge in [-0.3, -0.25) is 0 Å². The van der Waals surface area contributed by atoms with Crippen molar-refractivity contribution >= 4 is 33.3 Å². The Morgan fingerprint density at radius 2 is 1.84 bits per heavy atom. The average molecular weight is 367 g/mol. The van der Waals surface area contributed by atoms with E-state index >= 15 is 0 Å². The number of alkyl halides is 3. The number of hydrogen-bond donors (Lipinski definition) is 2. The number of aryl methyl sites for hydroxylation is 1. The monoisotopic (exact) mass is 367 g/mol. The molecule has 0 atom stereocenters. The second-order valence-corrected chi connectivity index (χ2v) is 6.37. The molecule has 3 aromatic rings. The first-order chi connectivity index (χ1) is 11.9. The summed E-state index contributed by atoms with van der Waals surface area (Å²) in [7, 11) is 0. The van der Waals surface area contributed by atoms with Gasteiger partial charge >= 0.3 is 6.18 Å². The standard InChI is InChI=1S/C16H16F3N5S/c1-3-20-13-12(14-23-10-6-4-5-7-11(10)25-14)9(2)22-15(24-13)21-8-16(17,18)19/h4-7H,3,8H2,1-2H3,(H2,20,21,22,24). The number of nitrogens with one attached hydrogen (secondary N) is 2. The van der Waals surface area contributed by atoms with E-state index in [0.717, 1.165) is 15.2 Å². The topological polar surface area (TPSA) is 62.7 Å². The zero-order valence-electron chi connectivity index (χ0n) is 13.6. The van der Waals surface area contributed by atoms with E-state index in [-0.39, 0.29) is 5.95 Å². The van der Waals surface area contributed by atoms with Crippen LogP contribution in [-0.4, -0.2) is 34.2 Å². The van der Waals surface area contributed by atoms with Gasteiger partial charge in [-0.15, -0.1) is 11.3 Å². The van der Waals surface area contributed by atoms with Gasteiger partial charge in [0.05, 0.1) is 21.5 Å². The number of rotatable bonds is 5. The summed E-state index contributed by atoms with van der Waals surface area (Å²) in [6.07, 6.45) is -4.33. The third-order valence-electron chi connectivity index (χ3n) is 3.39. The van der Waals surface area contributed by atoms with Crippen LogP contribution in [0.4, 0.5) is 24.9 Å². The molecule has 2 N–H and O–H groups in total. The van der Waals surface area contributed by atoms with E-state index in [4.69, 9.17) is 0 Å². The van der Waals surface area contributed by atoms with Crippen LogP contribution < -0.4 is 10.6 Å². The molecule has 0 unspecified atom stereocenters. The number of anilines is 2. The van der Waals surface area contributed by atoms with E-state index in [1.807, 2.05) is 31.2 Å². The highest BCUT2D eigenvalue weighted by atomic mass is 32.1. The van der Waals surface area contributed by atoms with E-state index in [0.29, 0.717) is 23.6 Å². The lowest BCUT2D eigenvalue weighted by Gasteiger charge is -2.14. The van der Waals surface area contributed by atoms with Crippen LogP contribution in [-0.2, 0) is 0 Å². The highest BCUT2D eigenvalue weighted by Gasteiger charge is 2.27. The van der Waals surface area contributed by atoms with Gasteiger partial charge in [0.2, 0.25) is 5.95 Å². The number of halogens is 3. The van der Waals surface area contributed by atoms with E-state index < -0.39 is 12.7 Å². The molecule has 1 aromatic carbocycles. The van der Waals surface area contributed by atoms with Crippen LogP contribution in [0.1, 0.15) is 12.6 Å². The first-order valence-corrected chi connectivity index (χ1v) is 8.48. The quantitative estimate of drug-likeness (QED) is 0.697. The largest absolute Gasteiger partial charge is 0.405 e. The molecule has 0 bridgehead atoms. The normalized spacial score (nSPS) is 11.7. The first kappa shape index (κ1) is 17.4. The molecule has 25 heavy (non-hydrogen) atoms.